The van der Waals surface area contributed by atoms with Gasteiger partial charge in [0.05, 0.1) is 0 Å². The van der Waals surface area contributed by atoms with Gasteiger partial charge in [-0.15, -0.1) is 0 Å². The lowest BCUT2D eigenvalue weighted by Crippen LogP contribution is -2.40. The summed E-state index contributed by atoms with van der Waals surface area (Å²) >= 11 is 0. The van der Waals surface area contributed by atoms with Crippen molar-refractivity contribution in [1.82, 2.24) is 23.9 Å². The monoisotopic (exact) mass is 379 g/mol. The van der Waals surface area contributed by atoms with Gasteiger partial charge >= 0.3 is 0 Å². The second-order valence-electron chi connectivity index (χ2n) is 8.02. The molecule has 3 heterocycles. The van der Waals surface area contributed by atoms with Gasteiger partial charge in [-0.25, -0.2) is 4.98 Å². The van der Waals surface area contributed by atoms with Crippen LogP contribution < -0.4 is 0 Å². The summed E-state index contributed by atoms with van der Waals surface area (Å²) in [6, 6.07) is 10.2. The molecule has 1 aliphatic heterocycles. The van der Waals surface area contributed by atoms with Crippen LogP contribution in [0, 0.1) is 0 Å². The lowest BCUT2D eigenvalue weighted by atomic mass is 9.96. The molecule has 6 nitrogen and oxygen atoms in total. The number of benzene rings is 1. The highest BCUT2D eigenvalue weighted by molar-refractivity contribution is 5.98. The van der Waals surface area contributed by atoms with Crippen LogP contribution in [-0.4, -0.2) is 63.6 Å². The molecule has 0 aliphatic carbocycles. The second-order valence-corrected chi connectivity index (χ2v) is 8.02. The van der Waals surface area contributed by atoms with Gasteiger partial charge < -0.3 is 18.9 Å². The molecular formula is C22H29N5O. The lowest BCUT2D eigenvalue weighted by molar-refractivity contribution is 0.0694. The molecule has 2 aromatic heterocycles. The van der Waals surface area contributed by atoms with E-state index < -0.39 is 0 Å². The van der Waals surface area contributed by atoms with Gasteiger partial charge in [-0.3, -0.25) is 4.79 Å². The van der Waals surface area contributed by atoms with Crippen molar-refractivity contribution < 1.29 is 4.79 Å². The summed E-state index contributed by atoms with van der Waals surface area (Å²) in [6.07, 6.45) is 6.04. The fourth-order valence-electron chi connectivity index (χ4n) is 4.21. The number of rotatable bonds is 5. The summed E-state index contributed by atoms with van der Waals surface area (Å²) in [4.78, 5) is 22.1. The van der Waals surface area contributed by atoms with E-state index in [-0.39, 0.29) is 5.91 Å². The molecule has 148 valence electrons. The first-order chi connectivity index (χ1) is 13.5. The molecule has 6 heteroatoms. The van der Waals surface area contributed by atoms with E-state index in [1.165, 1.54) is 0 Å². The number of aryl methyl sites for hydroxylation is 1. The average Bonchev–Trinajstić information content (AvgIpc) is 3.31. The number of imidazole rings is 1. The third kappa shape index (κ3) is 3.56. The van der Waals surface area contributed by atoms with Crippen molar-refractivity contribution in [3.8, 4) is 0 Å². The van der Waals surface area contributed by atoms with Crippen LogP contribution in [0.5, 0.6) is 0 Å². The first kappa shape index (κ1) is 18.7. The van der Waals surface area contributed by atoms with Crippen LogP contribution in [0.2, 0.25) is 0 Å². The average molecular weight is 380 g/mol. The Morgan fingerprint density at radius 1 is 1.29 bits per heavy atom. The largest absolute Gasteiger partial charge is 0.340 e. The molecule has 0 saturated carbocycles. The fourth-order valence-corrected chi connectivity index (χ4v) is 4.21. The predicted octanol–water partition coefficient (Wildman–Crippen LogP) is 2.96. The molecule has 1 amide bonds. The summed E-state index contributed by atoms with van der Waals surface area (Å²) < 4.78 is 4.26. The minimum Gasteiger partial charge on any atom is -0.340 e. The Morgan fingerprint density at radius 2 is 2.11 bits per heavy atom. The Kier molecular flexibility index (Phi) is 5.22. The summed E-state index contributed by atoms with van der Waals surface area (Å²) in [6.45, 7) is 3.46. The summed E-state index contributed by atoms with van der Waals surface area (Å²) in [5.41, 5.74) is 1.86. The van der Waals surface area contributed by atoms with Gasteiger partial charge in [0.15, 0.2) is 0 Å². The number of amides is 1. The van der Waals surface area contributed by atoms with Crippen LogP contribution in [0.4, 0.5) is 0 Å². The van der Waals surface area contributed by atoms with Crippen molar-refractivity contribution in [2.24, 2.45) is 7.05 Å². The topological polar surface area (TPSA) is 46.3 Å². The molecule has 1 fully saturated rings. The van der Waals surface area contributed by atoms with Crippen molar-refractivity contribution in [2.75, 3.05) is 33.7 Å². The maximum Gasteiger partial charge on any atom is 0.270 e. The second kappa shape index (κ2) is 7.80. The molecular weight excluding hydrogens is 350 g/mol. The van der Waals surface area contributed by atoms with Gasteiger partial charge in [-0.1, -0.05) is 18.2 Å². The van der Waals surface area contributed by atoms with E-state index in [1.54, 1.807) is 0 Å². The van der Waals surface area contributed by atoms with Gasteiger partial charge in [0.1, 0.15) is 11.5 Å². The molecule has 1 saturated heterocycles. The first-order valence-corrected chi connectivity index (χ1v) is 10.0. The van der Waals surface area contributed by atoms with E-state index in [4.69, 9.17) is 0 Å². The summed E-state index contributed by atoms with van der Waals surface area (Å²) in [7, 11) is 6.15. The SMILES string of the molecule is CN(C)CCn1ccnc1[C@@H]1CCCN(C(=O)c2cc3ccccc3n2C)C1. The van der Waals surface area contributed by atoms with Crippen LogP contribution >= 0.6 is 0 Å². The van der Waals surface area contributed by atoms with Crippen molar-refractivity contribution >= 4 is 16.8 Å². The zero-order valence-electron chi connectivity index (χ0n) is 17.0. The van der Waals surface area contributed by atoms with Crippen molar-refractivity contribution in [1.29, 1.82) is 0 Å². The number of carbonyl (C=O) groups excluding carboxylic acids is 1. The quantitative estimate of drug-likeness (QED) is 0.685. The number of aromatic nitrogens is 3. The number of piperidine rings is 1. The molecule has 0 N–H and O–H groups in total. The molecule has 0 radical (unpaired) electrons. The zero-order valence-corrected chi connectivity index (χ0v) is 17.0. The molecule has 1 atom stereocenters. The molecule has 0 unspecified atom stereocenters. The van der Waals surface area contributed by atoms with Crippen LogP contribution in [0.25, 0.3) is 10.9 Å². The van der Waals surface area contributed by atoms with E-state index in [9.17, 15) is 4.79 Å². The van der Waals surface area contributed by atoms with Crippen LogP contribution in [0.1, 0.15) is 35.1 Å². The standard InChI is InChI=1S/C22H29N5O/c1-24(2)13-14-26-12-10-23-21(26)18-8-6-11-27(16-18)22(28)20-15-17-7-4-5-9-19(17)25(20)3/h4-5,7,9-10,12,15,18H,6,8,11,13-14,16H2,1-3H3/t18-/m1/s1. The van der Waals surface area contributed by atoms with Crippen LogP contribution in [-0.2, 0) is 13.6 Å². The Hall–Kier alpha value is -2.60. The highest BCUT2D eigenvalue weighted by Crippen LogP contribution is 2.28. The van der Waals surface area contributed by atoms with E-state index in [0.717, 1.165) is 61.4 Å². The zero-order chi connectivity index (χ0) is 19.7. The number of likely N-dealkylation sites (tertiary alicyclic amines) is 1. The van der Waals surface area contributed by atoms with E-state index in [0.29, 0.717) is 5.92 Å². The third-order valence-corrected chi connectivity index (χ3v) is 5.78. The molecule has 4 rings (SSSR count). The highest BCUT2D eigenvalue weighted by atomic mass is 16.2. The van der Waals surface area contributed by atoms with Gasteiger partial charge in [-0.2, -0.15) is 0 Å². The number of fused-ring (bicyclic) bond motifs is 1. The van der Waals surface area contributed by atoms with Crippen molar-refractivity contribution in [3.63, 3.8) is 0 Å². The Bertz CT molecular complexity index is 970. The van der Waals surface area contributed by atoms with Gasteiger partial charge in [-0.05, 0) is 39.1 Å². The molecule has 0 spiro atoms. The van der Waals surface area contributed by atoms with Gasteiger partial charge in [0.25, 0.3) is 5.91 Å². The minimum atomic E-state index is 0.120. The number of likely N-dealkylation sites (N-methyl/N-ethyl adjacent to an activating group) is 1. The summed E-state index contributed by atoms with van der Waals surface area (Å²) in [5, 5.41) is 1.11. The van der Waals surface area contributed by atoms with Gasteiger partial charge in [0.2, 0.25) is 0 Å². The Labute approximate surface area is 166 Å². The number of nitrogens with zero attached hydrogens (tertiary/aromatic N) is 5. The normalized spacial score (nSPS) is 17.6. The van der Waals surface area contributed by atoms with E-state index in [2.05, 4.69) is 46.9 Å². The lowest BCUT2D eigenvalue weighted by Gasteiger charge is -2.33. The molecule has 28 heavy (non-hydrogen) atoms. The molecule has 3 aromatic rings. The number of carbonyl (C=O) groups is 1. The molecule has 1 aliphatic rings. The predicted molar refractivity (Wildman–Crippen MR) is 112 cm³/mol. The Morgan fingerprint density at radius 3 is 2.89 bits per heavy atom. The van der Waals surface area contributed by atoms with E-state index >= 15 is 0 Å². The molecule has 0 bridgehead atoms. The van der Waals surface area contributed by atoms with Crippen LogP contribution in [0.3, 0.4) is 0 Å². The fraction of sp³-hybridized carbons (Fsp3) is 0.455. The maximum atomic E-state index is 13.3. The number of hydrogen-bond acceptors (Lipinski definition) is 3. The minimum absolute atomic E-state index is 0.120. The summed E-state index contributed by atoms with van der Waals surface area (Å²) in [5.74, 6) is 1.52. The van der Waals surface area contributed by atoms with Crippen molar-refractivity contribution in [2.45, 2.75) is 25.3 Å². The number of para-hydroxylation sites is 1. The smallest absolute Gasteiger partial charge is 0.270 e. The highest BCUT2D eigenvalue weighted by Gasteiger charge is 2.29. The van der Waals surface area contributed by atoms with Crippen molar-refractivity contribution in [3.05, 3.63) is 54.2 Å². The third-order valence-electron chi connectivity index (χ3n) is 5.78. The van der Waals surface area contributed by atoms with Crippen LogP contribution in [0.15, 0.2) is 42.7 Å². The Balaban J connectivity index is 1.53. The first-order valence-electron chi connectivity index (χ1n) is 10.0. The maximum absolute atomic E-state index is 13.3. The number of hydrogen-bond donors (Lipinski definition) is 0. The van der Waals surface area contributed by atoms with Gasteiger partial charge in [0, 0.05) is 62.4 Å². The molecule has 1 aromatic carbocycles. The van der Waals surface area contributed by atoms with E-state index in [1.807, 2.05) is 40.9 Å².